The van der Waals surface area contributed by atoms with Gasteiger partial charge in [-0.15, -0.1) is 0 Å². The van der Waals surface area contributed by atoms with Crippen LogP contribution in [0.15, 0.2) is 41.2 Å². The highest BCUT2D eigenvalue weighted by Crippen LogP contribution is 2.52. The van der Waals surface area contributed by atoms with Gasteiger partial charge in [0.05, 0.1) is 31.0 Å². The fourth-order valence-corrected chi connectivity index (χ4v) is 4.84. The summed E-state index contributed by atoms with van der Waals surface area (Å²) in [6, 6.07) is 3.79. The van der Waals surface area contributed by atoms with Gasteiger partial charge in [-0.3, -0.25) is 14.6 Å². The number of aromatic nitrogens is 3. The first kappa shape index (κ1) is 18.9. The molecular weight excluding hydrogens is 386 g/mol. The van der Waals surface area contributed by atoms with Gasteiger partial charge in [0.1, 0.15) is 5.60 Å². The van der Waals surface area contributed by atoms with E-state index in [1.165, 1.54) is 0 Å². The minimum Gasteiger partial charge on any atom is -0.360 e. The topological polar surface area (TPSA) is 102 Å². The standard InChI is InChI=1S/C21H23N5O4/c1-3-25(11-16-23-13(2)30-24-16)19(27)17-15-6-7-21(29-15)12-26(20(28)18(17)21)10-14-5-4-8-22-9-14/h4-9,15,17-18H,3,10-12H2,1-2H3/t15-,17+,18+,21-/m0/s1. The monoisotopic (exact) mass is 409 g/mol. The van der Waals surface area contributed by atoms with Crippen LogP contribution in [0.4, 0.5) is 0 Å². The van der Waals surface area contributed by atoms with Crippen LogP contribution in [0.3, 0.4) is 0 Å². The molecule has 3 aliphatic rings. The highest BCUT2D eigenvalue weighted by Gasteiger charge is 2.67. The van der Waals surface area contributed by atoms with E-state index in [1.807, 2.05) is 31.2 Å². The minimum absolute atomic E-state index is 0.0458. The molecule has 2 aromatic rings. The molecule has 156 valence electrons. The van der Waals surface area contributed by atoms with E-state index in [0.717, 1.165) is 5.56 Å². The van der Waals surface area contributed by atoms with E-state index in [1.54, 1.807) is 29.1 Å². The first-order valence-electron chi connectivity index (χ1n) is 10.1. The quantitative estimate of drug-likeness (QED) is 0.659. The van der Waals surface area contributed by atoms with Crippen molar-refractivity contribution in [2.45, 2.75) is 38.6 Å². The number of rotatable bonds is 6. The Morgan fingerprint density at radius 2 is 2.30 bits per heavy atom. The van der Waals surface area contributed by atoms with Crippen molar-refractivity contribution in [2.24, 2.45) is 11.8 Å². The second-order valence-electron chi connectivity index (χ2n) is 8.04. The molecule has 0 unspecified atom stereocenters. The Hall–Kier alpha value is -3.07. The SMILES string of the molecule is CCN(Cc1noc(C)n1)C(=O)[C@@H]1[C@@H]2C=C[C@@]3(CN(Cc4cccnc4)C(=O)[C@@H]13)O2. The second kappa shape index (κ2) is 7.02. The van der Waals surface area contributed by atoms with Gasteiger partial charge in [-0.2, -0.15) is 4.98 Å². The molecule has 0 aliphatic carbocycles. The predicted octanol–water partition coefficient (Wildman–Crippen LogP) is 1.10. The molecule has 1 spiro atoms. The number of hydrogen-bond donors (Lipinski definition) is 0. The lowest BCUT2D eigenvalue weighted by molar-refractivity contribution is -0.143. The third kappa shape index (κ3) is 2.92. The summed E-state index contributed by atoms with van der Waals surface area (Å²) in [5, 5.41) is 3.89. The average Bonchev–Trinajstić information content (AvgIpc) is 3.48. The van der Waals surface area contributed by atoms with Gasteiger partial charge in [-0.05, 0) is 18.6 Å². The van der Waals surface area contributed by atoms with Crippen molar-refractivity contribution in [1.82, 2.24) is 24.9 Å². The van der Waals surface area contributed by atoms with E-state index in [9.17, 15) is 9.59 Å². The maximum atomic E-state index is 13.5. The number of fused-ring (bicyclic) bond motifs is 1. The van der Waals surface area contributed by atoms with Gasteiger partial charge in [-0.1, -0.05) is 23.4 Å². The van der Waals surface area contributed by atoms with Crippen LogP contribution in [0.2, 0.25) is 0 Å². The van der Waals surface area contributed by atoms with Crippen molar-refractivity contribution in [1.29, 1.82) is 0 Å². The smallest absolute Gasteiger partial charge is 0.230 e. The molecule has 2 aromatic heterocycles. The van der Waals surface area contributed by atoms with Gasteiger partial charge in [-0.25, -0.2) is 0 Å². The summed E-state index contributed by atoms with van der Waals surface area (Å²) in [5.74, 6) is -0.316. The Kier molecular flexibility index (Phi) is 4.43. The van der Waals surface area contributed by atoms with Crippen LogP contribution in [0.25, 0.3) is 0 Å². The van der Waals surface area contributed by atoms with Crippen molar-refractivity contribution in [2.75, 3.05) is 13.1 Å². The van der Waals surface area contributed by atoms with E-state index >= 15 is 0 Å². The Balaban J connectivity index is 1.38. The molecule has 30 heavy (non-hydrogen) atoms. The number of aryl methyl sites for hydroxylation is 1. The van der Waals surface area contributed by atoms with Gasteiger partial charge in [0.2, 0.25) is 17.7 Å². The summed E-state index contributed by atoms with van der Waals surface area (Å²) in [6.07, 6.45) is 6.96. The van der Waals surface area contributed by atoms with Crippen molar-refractivity contribution in [3.05, 3.63) is 54.0 Å². The Bertz CT molecular complexity index is 1010. The summed E-state index contributed by atoms with van der Waals surface area (Å²) in [7, 11) is 0. The highest BCUT2D eigenvalue weighted by molar-refractivity contribution is 5.93. The van der Waals surface area contributed by atoms with Gasteiger partial charge in [0.25, 0.3) is 0 Å². The van der Waals surface area contributed by atoms with Crippen LogP contribution < -0.4 is 0 Å². The number of carbonyl (C=O) groups is 2. The molecule has 9 heteroatoms. The summed E-state index contributed by atoms with van der Waals surface area (Å²) in [4.78, 5) is 38.6. The fraction of sp³-hybridized carbons (Fsp3) is 0.476. The zero-order valence-electron chi connectivity index (χ0n) is 16.9. The largest absolute Gasteiger partial charge is 0.360 e. The molecule has 0 aromatic carbocycles. The molecule has 2 saturated heterocycles. The Morgan fingerprint density at radius 1 is 1.43 bits per heavy atom. The number of pyridine rings is 1. The number of hydrogen-bond acceptors (Lipinski definition) is 7. The molecule has 5 rings (SSSR count). The van der Waals surface area contributed by atoms with Crippen LogP contribution in [0.5, 0.6) is 0 Å². The van der Waals surface area contributed by atoms with Crippen LogP contribution in [0.1, 0.15) is 24.2 Å². The molecule has 2 fully saturated rings. The first-order valence-corrected chi connectivity index (χ1v) is 10.1. The fourth-order valence-electron chi connectivity index (χ4n) is 4.84. The first-order chi connectivity index (χ1) is 14.5. The lowest BCUT2D eigenvalue weighted by atomic mass is 9.76. The van der Waals surface area contributed by atoms with Crippen LogP contribution in [-0.4, -0.2) is 61.5 Å². The van der Waals surface area contributed by atoms with Gasteiger partial charge in [0.15, 0.2) is 5.82 Å². The van der Waals surface area contributed by atoms with Crippen molar-refractivity contribution >= 4 is 11.8 Å². The zero-order valence-corrected chi connectivity index (χ0v) is 16.9. The van der Waals surface area contributed by atoms with Crippen molar-refractivity contribution in [3.63, 3.8) is 0 Å². The Morgan fingerprint density at radius 3 is 3.00 bits per heavy atom. The molecule has 9 nitrogen and oxygen atoms in total. The van der Waals surface area contributed by atoms with E-state index in [0.29, 0.717) is 31.3 Å². The summed E-state index contributed by atoms with van der Waals surface area (Å²) >= 11 is 0. The van der Waals surface area contributed by atoms with Gasteiger partial charge >= 0.3 is 0 Å². The number of amides is 2. The zero-order chi connectivity index (χ0) is 20.9. The summed E-state index contributed by atoms with van der Waals surface area (Å²) < 4.78 is 11.2. The maximum absolute atomic E-state index is 13.5. The summed E-state index contributed by atoms with van der Waals surface area (Å²) in [6.45, 7) is 5.22. The molecule has 3 aliphatic heterocycles. The van der Waals surface area contributed by atoms with Crippen molar-refractivity contribution in [3.8, 4) is 0 Å². The van der Waals surface area contributed by atoms with Crippen LogP contribution >= 0.6 is 0 Å². The van der Waals surface area contributed by atoms with E-state index < -0.39 is 17.4 Å². The number of likely N-dealkylation sites (tertiary alicyclic amines) is 1. The second-order valence-corrected chi connectivity index (χ2v) is 8.04. The normalized spacial score (nSPS) is 28.9. The van der Waals surface area contributed by atoms with E-state index in [2.05, 4.69) is 15.1 Å². The number of nitrogens with zero attached hydrogens (tertiary/aromatic N) is 5. The molecule has 0 N–H and O–H groups in total. The Labute approximate surface area is 173 Å². The molecule has 0 saturated carbocycles. The van der Waals surface area contributed by atoms with Crippen LogP contribution in [-0.2, 0) is 27.4 Å². The minimum atomic E-state index is -0.730. The lowest BCUT2D eigenvalue weighted by Gasteiger charge is -2.28. The number of carbonyl (C=O) groups excluding carboxylic acids is 2. The molecule has 2 bridgehead atoms. The molecule has 0 radical (unpaired) electrons. The molecule has 5 heterocycles. The third-order valence-electron chi connectivity index (χ3n) is 6.16. The molecule has 4 atom stereocenters. The molecular formula is C21H23N5O4. The highest BCUT2D eigenvalue weighted by atomic mass is 16.5. The third-order valence-corrected chi connectivity index (χ3v) is 6.16. The molecule has 2 amide bonds. The van der Waals surface area contributed by atoms with E-state index in [-0.39, 0.29) is 24.5 Å². The number of ether oxygens (including phenoxy) is 1. The average molecular weight is 409 g/mol. The van der Waals surface area contributed by atoms with E-state index in [4.69, 9.17) is 9.26 Å². The lowest BCUT2D eigenvalue weighted by Crippen LogP contribution is -2.45. The van der Waals surface area contributed by atoms with Gasteiger partial charge in [0, 0.05) is 32.4 Å². The summed E-state index contributed by atoms with van der Waals surface area (Å²) in [5.41, 5.74) is 0.221. The predicted molar refractivity (Wildman–Crippen MR) is 104 cm³/mol. The van der Waals surface area contributed by atoms with Crippen molar-refractivity contribution < 1.29 is 18.8 Å². The van der Waals surface area contributed by atoms with Crippen LogP contribution in [0, 0.1) is 18.8 Å². The van der Waals surface area contributed by atoms with Gasteiger partial charge < -0.3 is 19.1 Å². The maximum Gasteiger partial charge on any atom is 0.230 e.